The number of benzene rings is 1. The predicted molar refractivity (Wildman–Crippen MR) is 101 cm³/mol. The summed E-state index contributed by atoms with van der Waals surface area (Å²) in [7, 11) is 1.74. The molecule has 0 spiro atoms. The highest BCUT2D eigenvalue weighted by atomic mass is 19.1. The highest BCUT2D eigenvalue weighted by molar-refractivity contribution is 5.88. The van der Waals surface area contributed by atoms with Crippen LogP contribution < -0.4 is 4.74 Å². The summed E-state index contributed by atoms with van der Waals surface area (Å²) in [4.78, 5) is 8.19. The maximum absolute atomic E-state index is 13.1. The fraction of sp³-hybridized carbons (Fsp3) is 0.600. The van der Waals surface area contributed by atoms with Gasteiger partial charge in [-0.3, -0.25) is 9.29 Å². The molecule has 1 fully saturated rings. The maximum atomic E-state index is 13.1. The summed E-state index contributed by atoms with van der Waals surface area (Å²) in [6.45, 7) is 11.6. The van der Waals surface area contributed by atoms with Gasteiger partial charge in [0.1, 0.15) is 5.75 Å². The molecule has 1 aliphatic rings. The lowest BCUT2D eigenvalue weighted by Crippen LogP contribution is -2.49. The van der Waals surface area contributed by atoms with Crippen molar-refractivity contribution < 1.29 is 9.13 Å². The van der Waals surface area contributed by atoms with E-state index in [1.807, 2.05) is 20.0 Å². The fourth-order valence-corrected chi connectivity index (χ4v) is 3.76. The number of hydrogen-bond acceptors (Lipinski definition) is 3. The Balaban J connectivity index is 1.69. The second-order valence-electron chi connectivity index (χ2n) is 7.99. The number of ether oxygens (including phenoxy) is 1. The van der Waals surface area contributed by atoms with E-state index in [2.05, 4.69) is 33.8 Å². The average molecular weight is 347 g/mol. The van der Waals surface area contributed by atoms with Crippen LogP contribution in [0.15, 0.2) is 18.3 Å². The third-order valence-electron chi connectivity index (χ3n) is 5.19. The summed E-state index contributed by atoms with van der Waals surface area (Å²) in [5.74, 6) is 0.964. The van der Waals surface area contributed by atoms with E-state index in [0.29, 0.717) is 0 Å². The molecule has 0 bridgehead atoms. The molecule has 2 aromatic rings. The second-order valence-corrected chi connectivity index (χ2v) is 7.99. The minimum Gasteiger partial charge on any atom is -0.496 e. The van der Waals surface area contributed by atoms with E-state index in [1.165, 1.54) is 22.0 Å². The van der Waals surface area contributed by atoms with E-state index < -0.39 is 0 Å². The van der Waals surface area contributed by atoms with Gasteiger partial charge in [-0.15, -0.1) is 0 Å². The van der Waals surface area contributed by atoms with Crippen molar-refractivity contribution >= 4 is 10.9 Å². The predicted octanol–water partition coefficient (Wildman–Crippen LogP) is 3.60. The molecule has 0 saturated carbocycles. The first-order chi connectivity index (χ1) is 11.9. The number of piperazine rings is 1. The van der Waals surface area contributed by atoms with Crippen LogP contribution in [0, 0.1) is 12.3 Å². The highest BCUT2D eigenvalue weighted by Gasteiger charge is 2.25. The van der Waals surface area contributed by atoms with Crippen LogP contribution >= 0.6 is 0 Å². The van der Waals surface area contributed by atoms with Crippen LogP contribution in [-0.2, 0) is 6.54 Å². The molecule has 5 heteroatoms. The Bertz CT molecular complexity index is 717. The van der Waals surface area contributed by atoms with Gasteiger partial charge in [0.2, 0.25) is 0 Å². The monoisotopic (exact) mass is 347 g/mol. The number of aromatic amines is 1. The lowest BCUT2D eigenvalue weighted by atomic mass is 9.94. The van der Waals surface area contributed by atoms with Crippen molar-refractivity contribution in [3.05, 3.63) is 29.5 Å². The van der Waals surface area contributed by atoms with E-state index in [1.54, 1.807) is 7.11 Å². The number of rotatable bonds is 6. The summed E-state index contributed by atoms with van der Waals surface area (Å²) < 4.78 is 18.7. The Morgan fingerprint density at radius 3 is 2.52 bits per heavy atom. The lowest BCUT2D eigenvalue weighted by Gasteiger charge is -2.38. The van der Waals surface area contributed by atoms with E-state index in [0.717, 1.165) is 45.0 Å². The summed E-state index contributed by atoms with van der Waals surface area (Å²) in [5, 5.41) is 1.25. The van der Waals surface area contributed by atoms with Crippen molar-refractivity contribution in [1.82, 2.24) is 14.8 Å². The number of aryl methyl sites for hydroxylation is 1. The van der Waals surface area contributed by atoms with Crippen molar-refractivity contribution in [2.45, 2.75) is 27.3 Å². The summed E-state index contributed by atoms with van der Waals surface area (Å²) in [6.07, 6.45) is 2.00. The number of methoxy groups -OCH3 is 1. The van der Waals surface area contributed by atoms with E-state index in [-0.39, 0.29) is 12.1 Å². The Morgan fingerprint density at radius 1 is 1.20 bits per heavy atom. The van der Waals surface area contributed by atoms with Crippen molar-refractivity contribution in [2.24, 2.45) is 5.41 Å². The fourth-order valence-electron chi connectivity index (χ4n) is 3.76. The van der Waals surface area contributed by atoms with Crippen molar-refractivity contribution in [1.29, 1.82) is 0 Å². The van der Waals surface area contributed by atoms with Gasteiger partial charge in [0.15, 0.2) is 0 Å². The molecule has 0 radical (unpaired) electrons. The molecule has 25 heavy (non-hydrogen) atoms. The SMILES string of the molecule is COc1cc(C)c2[nH]ccc2c1CN1CCN(CC(C)(C)CF)CC1. The van der Waals surface area contributed by atoms with Gasteiger partial charge in [0.25, 0.3) is 0 Å². The van der Waals surface area contributed by atoms with Crippen molar-refractivity contribution in [3.63, 3.8) is 0 Å². The summed E-state index contributed by atoms with van der Waals surface area (Å²) >= 11 is 0. The van der Waals surface area contributed by atoms with Crippen LogP contribution in [0.3, 0.4) is 0 Å². The van der Waals surface area contributed by atoms with Gasteiger partial charge in [-0.25, -0.2) is 0 Å². The molecular weight excluding hydrogens is 317 g/mol. The topological polar surface area (TPSA) is 31.5 Å². The molecule has 4 nitrogen and oxygen atoms in total. The third kappa shape index (κ3) is 3.98. The molecule has 0 unspecified atom stereocenters. The smallest absolute Gasteiger partial charge is 0.124 e. The Morgan fingerprint density at radius 2 is 1.88 bits per heavy atom. The first kappa shape index (κ1) is 18.2. The number of hydrogen-bond donors (Lipinski definition) is 1. The van der Waals surface area contributed by atoms with Crippen molar-refractivity contribution in [3.8, 4) is 5.75 Å². The Hall–Kier alpha value is -1.59. The average Bonchev–Trinajstić information content (AvgIpc) is 3.09. The standard InChI is InChI=1S/C20H30FN3O/c1-15-11-18(25-4)17(16-5-6-22-19(15)16)12-23-7-9-24(10-8-23)14-20(2,3)13-21/h5-6,11,22H,7-10,12-14H2,1-4H3. The molecule has 0 atom stereocenters. The number of alkyl halides is 1. The zero-order valence-corrected chi connectivity index (χ0v) is 15.9. The molecular formula is C20H30FN3O. The quantitative estimate of drug-likeness (QED) is 0.866. The number of nitrogens with zero attached hydrogens (tertiary/aromatic N) is 2. The molecule has 3 rings (SSSR count). The number of fused-ring (bicyclic) bond motifs is 1. The molecule has 1 aromatic heterocycles. The number of H-pyrrole nitrogens is 1. The molecule has 138 valence electrons. The van der Waals surface area contributed by atoms with Gasteiger partial charge in [-0.05, 0) is 24.6 Å². The van der Waals surface area contributed by atoms with Gasteiger partial charge in [0.05, 0.1) is 13.8 Å². The summed E-state index contributed by atoms with van der Waals surface area (Å²) in [5.41, 5.74) is 3.40. The van der Waals surface area contributed by atoms with Crippen LogP contribution in [-0.4, -0.2) is 61.3 Å². The first-order valence-corrected chi connectivity index (χ1v) is 9.08. The second kappa shape index (κ2) is 7.34. The number of aromatic nitrogens is 1. The highest BCUT2D eigenvalue weighted by Crippen LogP contribution is 2.31. The lowest BCUT2D eigenvalue weighted by molar-refractivity contribution is 0.0827. The van der Waals surface area contributed by atoms with Gasteiger partial charge < -0.3 is 14.6 Å². The van der Waals surface area contributed by atoms with Crippen LogP contribution in [0.2, 0.25) is 0 Å². The molecule has 1 aromatic carbocycles. The van der Waals surface area contributed by atoms with E-state index >= 15 is 0 Å². The van der Waals surface area contributed by atoms with E-state index in [9.17, 15) is 4.39 Å². The number of halogens is 1. The minimum absolute atomic E-state index is 0.250. The van der Waals surface area contributed by atoms with Crippen molar-refractivity contribution in [2.75, 3.05) is 46.5 Å². The van der Waals surface area contributed by atoms with Crippen LogP contribution in [0.25, 0.3) is 10.9 Å². The molecule has 0 amide bonds. The van der Waals surface area contributed by atoms with Crippen LogP contribution in [0.5, 0.6) is 5.75 Å². The molecule has 1 aliphatic heterocycles. The molecule has 1 saturated heterocycles. The van der Waals surface area contributed by atoms with Gasteiger partial charge in [-0.2, -0.15) is 0 Å². The summed E-state index contributed by atoms with van der Waals surface area (Å²) in [6, 6.07) is 4.26. The van der Waals surface area contributed by atoms with Gasteiger partial charge in [0, 0.05) is 67.3 Å². The van der Waals surface area contributed by atoms with Crippen LogP contribution in [0.1, 0.15) is 25.0 Å². The Kier molecular flexibility index (Phi) is 5.35. The molecule has 2 heterocycles. The van der Waals surface area contributed by atoms with Gasteiger partial charge >= 0.3 is 0 Å². The maximum Gasteiger partial charge on any atom is 0.124 e. The zero-order chi connectivity index (χ0) is 18.0. The molecule has 0 aliphatic carbocycles. The zero-order valence-electron chi connectivity index (χ0n) is 15.9. The van der Waals surface area contributed by atoms with Crippen LogP contribution in [0.4, 0.5) is 4.39 Å². The van der Waals surface area contributed by atoms with E-state index in [4.69, 9.17) is 4.74 Å². The first-order valence-electron chi connectivity index (χ1n) is 9.08. The minimum atomic E-state index is -0.265. The third-order valence-corrected chi connectivity index (χ3v) is 5.19. The molecule has 1 N–H and O–H groups in total. The normalized spacial score (nSPS) is 17.3. The largest absolute Gasteiger partial charge is 0.496 e. The van der Waals surface area contributed by atoms with Gasteiger partial charge in [-0.1, -0.05) is 13.8 Å². The number of nitrogens with one attached hydrogen (secondary N) is 1. The Labute approximate surface area is 149 Å².